The average molecular weight is 193 g/mol. The van der Waals surface area contributed by atoms with E-state index in [0.717, 1.165) is 11.4 Å². The van der Waals surface area contributed by atoms with Crippen molar-refractivity contribution in [2.24, 2.45) is 0 Å². The molecule has 0 saturated carbocycles. The van der Waals surface area contributed by atoms with Crippen molar-refractivity contribution in [3.05, 3.63) is 23.8 Å². The Morgan fingerprint density at radius 1 is 1.14 bits per heavy atom. The van der Waals surface area contributed by atoms with Gasteiger partial charge in [0.25, 0.3) is 0 Å². The summed E-state index contributed by atoms with van der Waals surface area (Å²) in [5.41, 5.74) is 7.69. The predicted octanol–water partition coefficient (Wildman–Crippen LogP) is 3.18. The van der Waals surface area contributed by atoms with Crippen LogP contribution >= 0.6 is 0 Å². The summed E-state index contributed by atoms with van der Waals surface area (Å²) in [6.07, 6.45) is 0.189. The van der Waals surface area contributed by atoms with Crippen molar-refractivity contribution >= 4 is 5.69 Å². The third-order valence-corrected chi connectivity index (χ3v) is 2.02. The lowest BCUT2D eigenvalue weighted by molar-refractivity contribution is 0.239. The Hall–Kier alpha value is -1.18. The molecule has 14 heavy (non-hydrogen) atoms. The Bertz CT molecular complexity index is 305. The van der Waals surface area contributed by atoms with Gasteiger partial charge < -0.3 is 10.5 Å². The summed E-state index contributed by atoms with van der Waals surface area (Å²) in [6.45, 7) is 8.35. The summed E-state index contributed by atoms with van der Waals surface area (Å²) in [6, 6.07) is 5.86. The Morgan fingerprint density at radius 3 is 2.29 bits per heavy atom. The quantitative estimate of drug-likeness (QED) is 0.748. The molecule has 0 aliphatic rings. The molecule has 0 spiro atoms. The number of nitrogen functional groups attached to an aromatic ring is 1. The predicted molar refractivity (Wildman–Crippen MR) is 60.7 cm³/mol. The van der Waals surface area contributed by atoms with Crippen LogP contribution in [0.15, 0.2) is 18.2 Å². The van der Waals surface area contributed by atoms with Crippen LogP contribution in [0.2, 0.25) is 0 Å². The molecule has 78 valence electrons. The van der Waals surface area contributed by atoms with E-state index in [0.29, 0.717) is 5.92 Å². The fraction of sp³-hybridized carbons (Fsp3) is 0.500. The summed E-state index contributed by atoms with van der Waals surface area (Å²) in [7, 11) is 0. The third-order valence-electron chi connectivity index (χ3n) is 2.02. The average Bonchev–Trinajstić information content (AvgIpc) is 2.01. The number of ether oxygens (including phenoxy) is 1. The molecule has 0 aromatic heterocycles. The van der Waals surface area contributed by atoms with E-state index in [4.69, 9.17) is 10.5 Å². The van der Waals surface area contributed by atoms with Gasteiger partial charge in [-0.2, -0.15) is 0 Å². The lowest BCUT2D eigenvalue weighted by atomic mass is 10.0. The second kappa shape index (κ2) is 4.36. The molecule has 0 atom stereocenters. The Morgan fingerprint density at radius 2 is 1.79 bits per heavy atom. The van der Waals surface area contributed by atoms with Crippen LogP contribution in [0.25, 0.3) is 0 Å². The van der Waals surface area contributed by atoms with Crippen molar-refractivity contribution in [2.45, 2.75) is 39.7 Å². The fourth-order valence-electron chi connectivity index (χ4n) is 1.38. The van der Waals surface area contributed by atoms with Crippen molar-refractivity contribution in [3.63, 3.8) is 0 Å². The molecule has 0 aliphatic carbocycles. The zero-order valence-electron chi connectivity index (χ0n) is 9.37. The molecule has 0 radical (unpaired) electrons. The molecular weight excluding hydrogens is 174 g/mol. The molecule has 0 heterocycles. The summed E-state index contributed by atoms with van der Waals surface area (Å²) >= 11 is 0. The van der Waals surface area contributed by atoms with Crippen LogP contribution in [0.5, 0.6) is 5.75 Å². The maximum Gasteiger partial charge on any atom is 0.125 e. The maximum absolute atomic E-state index is 5.72. The van der Waals surface area contributed by atoms with Crippen LogP contribution in [0.1, 0.15) is 39.2 Å². The van der Waals surface area contributed by atoms with Gasteiger partial charge in [0.1, 0.15) is 5.75 Å². The molecular formula is C12H19NO. The molecule has 2 N–H and O–H groups in total. The van der Waals surface area contributed by atoms with Gasteiger partial charge >= 0.3 is 0 Å². The Labute approximate surface area is 86.1 Å². The first-order valence-electron chi connectivity index (χ1n) is 5.06. The first-order chi connectivity index (χ1) is 6.50. The highest BCUT2D eigenvalue weighted by atomic mass is 16.5. The molecule has 1 aromatic carbocycles. The third kappa shape index (κ3) is 2.66. The van der Waals surface area contributed by atoms with E-state index in [1.54, 1.807) is 0 Å². The molecule has 0 bridgehead atoms. The molecule has 0 unspecified atom stereocenters. The van der Waals surface area contributed by atoms with Gasteiger partial charge in [-0.3, -0.25) is 0 Å². The molecule has 1 aromatic rings. The van der Waals surface area contributed by atoms with E-state index in [1.807, 2.05) is 32.0 Å². The minimum Gasteiger partial charge on any atom is -0.491 e. The Kier molecular flexibility index (Phi) is 3.39. The molecule has 0 aliphatic heterocycles. The van der Waals surface area contributed by atoms with Crippen LogP contribution in [-0.4, -0.2) is 6.10 Å². The summed E-state index contributed by atoms with van der Waals surface area (Å²) in [5.74, 6) is 1.37. The van der Waals surface area contributed by atoms with E-state index in [1.165, 1.54) is 5.56 Å². The number of anilines is 1. The first kappa shape index (κ1) is 10.9. The second-order valence-corrected chi connectivity index (χ2v) is 4.12. The normalized spacial score (nSPS) is 11.0. The van der Waals surface area contributed by atoms with Crippen molar-refractivity contribution in [3.8, 4) is 5.75 Å². The van der Waals surface area contributed by atoms with E-state index < -0.39 is 0 Å². The topological polar surface area (TPSA) is 35.2 Å². The van der Waals surface area contributed by atoms with E-state index in [-0.39, 0.29) is 6.10 Å². The highest BCUT2D eigenvalue weighted by Crippen LogP contribution is 2.29. The van der Waals surface area contributed by atoms with Crippen LogP contribution in [0.3, 0.4) is 0 Å². The van der Waals surface area contributed by atoms with Gasteiger partial charge in [0, 0.05) is 11.8 Å². The number of benzene rings is 1. The van der Waals surface area contributed by atoms with Gasteiger partial charge in [0.2, 0.25) is 0 Å². The first-order valence-corrected chi connectivity index (χ1v) is 5.06. The van der Waals surface area contributed by atoms with Crippen molar-refractivity contribution in [2.75, 3.05) is 5.73 Å². The van der Waals surface area contributed by atoms with Gasteiger partial charge in [-0.1, -0.05) is 19.9 Å². The second-order valence-electron chi connectivity index (χ2n) is 4.12. The summed E-state index contributed by atoms with van der Waals surface area (Å²) < 4.78 is 5.71. The van der Waals surface area contributed by atoms with Crippen LogP contribution in [0, 0.1) is 0 Å². The number of nitrogens with two attached hydrogens (primary N) is 1. The number of hydrogen-bond donors (Lipinski definition) is 1. The Balaban J connectivity index is 3.03. The highest BCUT2D eigenvalue weighted by Gasteiger charge is 2.09. The van der Waals surface area contributed by atoms with Crippen molar-refractivity contribution in [1.82, 2.24) is 0 Å². The smallest absolute Gasteiger partial charge is 0.125 e. The van der Waals surface area contributed by atoms with Crippen LogP contribution in [-0.2, 0) is 0 Å². The summed E-state index contributed by atoms with van der Waals surface area (Å²) in [4.78, 5) is 0. The largest absolute Gasteiger partial charge is 0.491 e. The van der Waals surface area contributed by atoms with Gasteiger partial charge in [0.15, 0.2) is 0 Å². The molecule has 0 amide bonds. The number of hydrogen-bond acceptors (Lipinski definition) is 2. The highest BCUT2D eigenvalue weighted by molar-refractivity contribution is 5.49. The SMILES string of the molecule is CC(C)Oc1cc(N)ccc1C(C)C. The zero-order chi connectivity index (χ0) is 10.7. The standard InChI is InChI=1S/C12H19NO/c1-8(2)11-6-5-10(13)7-12(11)14-9(3)4/h5-9H,13H2,1-4H3. The van der Waals surface area contributed by atoms with E-state index >= 15 is 0 Å². The van der Waals surface area contributed by atoms with Crippen molar-refractivity contribution < 1.29 is 4.74 Å². The van der Waals surface area contributed by atoms with Gasteiger partial charge in [0.05, 0.1) is 6.10 Å². The zero-order valence-corrected chi connectivity index (χ0v) is 9.37. The molecule has 0 saturated heterocycles. The van der Waals surface area contributed by atoms with Crippen molar-refractivity contribution in [1.29, 1.82) is 0 Å². The van der Waals surface area contributed by atoms with Gasteiger partial charge in [-0.25, -0.2) is 0 Å². The minimum atomic E-state index is 0.189. The maximum atomic E-state index is 5.72. The van der Waals surface area contributed by atoms with E-state index in [2.05, 4.69) is 13.8 Å². The van der Waals surface area contributed by atoms with Crippen LogP contribution in [0.4, 0.5) is 5.69 Å². The number of rotatable bonds is 3. The lowest BCUT2D eigenvalue weighted by Crippen LogP contribution is -2.08. The van der Waals surface area contributed by atoms with Gasteiger partial charge in [-0.05, 0) is 31.4 Å². The van der Waals surface area contributed by atoms with E-state index in [9.17, 15) is 0 Å². The minimum absolute atomic E-state index is 0.189. The molecule has 2 nitrogen and oxygen atoms in total. The monoisotopic (exact) mass is 193 g/mol. The molecule has 2 heteroatoms. The fourth-order valence-corrected chi connectivity index (χ4v) is 1.38. The summed E-state index contributed by atoms with van der Waals surface area (Å²) in [5, 5.41) is 0. The van der Waals surface area contributed by atoms with Crippen LogP contribution < -0.4 is 10.5 Å². The molecule has 1 rings (SSSR count). The molecule has 0 fully saturated rings. The lowest BCUT2D eigenvalue weighted by Gasteiger charge is -2.16. The van der Waals surface area contributed by atoms with Gasteiger partial charge in [-0.15, -0.1) is 0 Å².